The van der Waals surface area contributed by atoms with Crippen molar-refractivity contribution in [3.8, 4) is 0 Å². The summed E-state index contributed by atoms with van der Waals surface area (Å²) in [5, 5.41) is 15.1. The molecule has 132 valence electrons. The summed E-state index contributed by atoms with van der Waals surface area (Å²) in [6.45, 7) is 0. The smallest absolute Gasteiger partial charge is 0.156 e. The van der Waals surface area contributed by atoms with Crippen molar-refractivity contribution in [2.24, 2.45) is 21.5 Å². The van der Waals surface area contributed by atoms with Crippen LogP contribution in [0.1, 0.15) is 22.3 Å². The Morgan fingerprint density at radius 3 is 1.73 bits per heavy atom. The van der Waals surface area contributed by atoms with Gasteiger partial charge in [-0.25, -0.2) is 9.98 Å². The van der Waals surface area contributed by atoms with Crippen LogP contribution in [0.25, 0.3) is 0 Å². The van der Waals surface area contributed by atoms with Crippen LogP contribution in [0, 0.1) is 10.8 Å². The number of aliphatic imine (C=N–C) groups is 2. The zero-order chi connectivity index (χ0) is 19.2. The van der Waals surface area contributed by atoms with Gasteiger partial charge >= 0.3 is 0 Å². The van der Waals surface area contributed by atoms with Gasteiger partial charge in [-0.1, -0.05) is 31.9 Å². The molecule has 0 saturated carbocycles. The predicted octanol–water partition coefficient (Wildman–Crippen LogP) is 4.51. The summed E-state index contributed by atoms with van der Waals surface area (Å²) >= 11 is 13.5. The van der Waals surface area contributed by atoms with E-state index < -0.39 is 0 Å². The number of fused-ring (bicyclic) bond motifs is 2. The minimum atomic E-state index is 0.209. The fourth-order valence-corrected chi connectivity index (χ4v) is 4.20. The highest BCUT2D eigenvalue weighted by atomic mass is 79.9. The summed E-state index contributed by atoms with van der Waals surface area (Å²) < 4.78 is 3.54. The van der Waals surface area contributed by atoms with Crippen LogP contribution >= 0.6 is 63.7 Å². The van der Waals surface area contributed by atoms with Crippen molar-refractivity contribution < 1.29 is 0 Å². The summed E-state index contributed by atoms with van der Waals surface area (Å²) in [5.74, 6) is 1.24. The normalized spacial score (nSPS) is 14.3. The molecule has 0 radical (unpaired) electrons. The first kappa shape index (κ1) is 19.4. The maximum Gasteiger partial charge on any atom is 0.156 e. The monoisotopic (exact) mass is 602 g/mol. The molecule has 0 aromatic heterocycles. The van der Waals surface area contributed by atoms with Crippen molar-refractivity contribution in [3.05, 3.63) is 64.4 Å². The number of halogens is 4. The van der Waals surface area contributed by atoms with Crippen LogP contribution in [-0.4, -0.2) is 23.3 Å². The Labute approximate surface area is 182 Å². The zero-order valence-electron chi connectivity index (χ0n) is 12.9. The predicted molar refractivity (Wildman–Crippen MR) is 119 cm³/mol. The molecule has 6 N–H and O–H groups in total. The molecule has 0 atom stereocenters. The second-order valence-corrected chi connectivity index (χ2v) is 8.70. The Hall–Kier alpha value is -1.36. The summed E-state index contributed by atoms with van der Waals surface area (Å²) in [4.78, 5) is 7.77. The second-order valence-electron chi connectivity index (χ2n) is 5.28. The molecule has 0 amide bonds. The molecule has 10 heteroatoms. The van der Waals surface area contributed by atoms with Gasteiger partial charge in [0, 0.05) is 40.1 Å². The van der Waals surface area contributed by atoms with Gasteiger partial charge in [0.15, 0.2) is 11.7 Å². The van der Waals surface area contributed by atoms with E-state index in [1.54, 1.807) is 0 Å². The fourth-order valence-electron chi connectivity index (χ4n) is 2.46. The SMILES string of the molecule is N=C1N=C(N)c2c(Br)ccc(Br)c21.N=C1N=C(N)c2cc(Br)c(Br)cc21. The van der Waals surface area contributed by atoms with Crippen molar-refractivity contribution in [3.63, 3.8) is 0 Å². The summed E-state index contributed by atoms with van der Waals surface area (Å²) in [5.41, 5.74) is 14.4. The van der Waals surface area contributed by atoms with Crippen LogP contribution in [0.5, 0.6) is 0 Å². The number of rotatable bonds is 0. The molecule has 26 heavy (non-hydrogen) atoms. The molecule has 0 spiro atoms. The molecular weight excluding hydrogens is 596 g/mol. The summed E-state index contributed by atoms with van der Waals surface area (Å²) in [7, 11) is 0. The molecule has 4 rings (SSSR count). The molecule has 0 aliphatic carbocycles. The molecule has 2 aliphatic heterocycles. The lowest BCUT2D eigenvalue weighted by atomic mass is 10.1. The largest absolute Gasteiger partial charge is 0.383 e. The number of hydrogen-bond donors (Lipinski definition) is 4. The van der Waals surface area contributed by atoms with Crippen LogP contribution in [-0.2, 0) is 0 Å². The van der Waals surface area contributed by atoms with Gasteiger partial charge in [0.25, 0.3) is 0 Å². The Bertz CT molecular complexity index is 1040. The van der Waals surface area contributed by atoms with Crippen molar-refractivity contribution in [2.75, 3.05) is 0 Å². The number of nitrogens with two attached hydrogens (primary N) is 2. The first-order valence-electron chi connectivity index (χ1n) is 7.04. The van der Waals surface area contributed by atoms with Gasteiger partial charge in [0.05, 0.1) is 0 Å². The van der Waals surface area contributed by atoms with Crippen molar-refractivity contribution in [1.29, 1.82) is 10.8 Å². The standard InChI is InChI=1S/2C8H5Br2N3/c9-5-1-3-4(2-6(5)10)8(12)13-7(3)11;9-3-1-2-4(10)6-5(3)7(11)13-8(6)12/h2*1-2H,(H3,11,12,13). The quantitative estimate of drug-likeness (QED) is 0.353. The van der Waals surface area contributed by atoms with Crippen molar-refractivity contribution in [2.45, 2.75) is 0 Å². The topological polar surface area (TPSA) is 124 Å². The average Bonchev–Trinajstić information content (AvgIpc) is 3.02. The van der Waals surface area contributed by atoms with Crippen LogP contribution < -0.4 is 11.5 Å². The lowest BCUT2D eigenvalue weighted by Gasteiger charge is -2.03. The molecule has 2 aromatic rings. The van der Waals surface area contributed by atoms with E-state index in [9.17, 15) is 0 Å². The third-order valence-electron chi connectivity index (χ3n) is 3.65. The third kappa shape index (κ3) is 3.42. The number of nitrogens with one attached hydrogen (secondary N) is 2. The highest BCUT2D eigenvalue weighted by Crippen LogP contribution is 2.31. The van der Waals surface area contributed by atoms with E-state index in [0.29, 0.717) is 11.7 Å². The Balaban J connectivity index is 0.000000151. The van der Waals surface area contributed by atoms with E-state index in [-0.39, 0.29) is 11.7 Å². The zero-order valence-corrected chi connectivity index (χ0v) is 19.2. The van der Waals surface area contributed by atoms with E-state index in [0.717, 1.165) is 40.1 Å². The van der Waals surface area contributed by atoms with Gasteiger partial charge in [-0.3, -0.25) is 10.8 Å². The second kappa shape index (κ2) is 7.34. The van der Waals surface area contributed by atoms with Crippen LogP contribution in [0.2, 0.25) is 0 Å². The molecule has 0 bridgehead atoms. The molecule has 0 saturated heterocycles. The van der Waals surface area contributed by atoms with E-state index in [1.165, 1.54) is 0 Å². The van der Waals surface area contributed by atoms with Gasteiger partial charge in [0.1, 0.15) is 11.7 Å². The average molecular weight is 606 g/mol. The Morgan fingerprint density at radius 2 is 1.15 bits per heavy atom. The highest BCUT2D eigenvalue weighted by molar-refractivity contribution is 9.13. The van der Waals surface area contributed by atoms with Crippen molar-refractivity contribution in [1.82, 2.24) is 0 Å². The molecule has 6 nitrogen and oxygen atoms in total. The highest BCUT2D eigenvalue weighted by Gasteiger charge is 2.23. The number of nitrogens with zero attached hydrogens (tertiary/aromatic N) is 2. The van der Waals surface area contributed by atoms with Gasteiger partial charge in [-0.15, -0.1) is 0 Å². The molecule has 2 aromatic carbocycles. The third-order valence-corrected chi connectivity index (χ3v) is 6.82. The van der Waals surface area contributed by atoms with Gasteiger partial charge in [0.2, 0.25) is 0 Å². The van der Waals surface area contributed by atoms with E-state index in [1.807, 2.05) is 24.3 Å². The minimum absolute atomic E-state index is 0.209. The molecule has 0 fully saturated rings. The van der Waals surface area contributed by atoms with Crippen LogP contribution in [0.4, 0.5) is 0 Å². The number of benzene rings is 2. The van der Waals surface area contributed by atoms with Gasteiger partial charge in [-0.05, 0) is 56.1 Å². The number of hydrogen-bond acceptors (Lipinski definition) is 4. The summed E-state index contributed by atoms with van der Waals surface area (Å²) in [6, 6.07) is 7.44. The Kier molecular flexibility index (Phi) is 5.48. The first-order chi connectivity index (χ1) is 12.2. The minimum Gasteiger partial charge on any atom is -0.383 e. The molecule has 2 heterocycles. The maximum atomic E-state index is 7.58. The molecule has 0 unspecified atom stereocenters. The maximum absolute atomic E-state index is 7.58. The van der Waals surface area contributed by atoms with Gasteiger partial charge < -0.3 is 11.5 Å². The first-order valence-corrected chi connectivity index (χ1v) is 10.2. The Morgan fingerprint density at radius 1 is 0.654 bits per heavy atom. The molecular formula is C16H10Br4N6. The molecule has 2 aliphatic rings. The lowest BCUT2D eigenvalue weighted by Crippen LogP contribution is -2.11. The van der Waals surface area contributed by atoms with E-state index in [2.05, 4.69) is 73.7 Å². The van der Waals surface area contributed by atoms with Crippen LogP contribution in [0.15, 0.2) is 52.1 Å². The fraction of sp³-hybridized carbons (Fsp3) is 0. The summed E-state index contributed by atoms with van der Waals surface area (Å²) in [6.07, 6.45) is 0. The number of amidine groups is 4. The van der Waals surface area contributed by atoms with E-state index in [4.69, 9.17) is 22.3 Å². The van der Waals surface area contributed by atoms with Crippen molar-refractivity contribution >= 4 is 87.1 Å². The lowest BCUT2D eigenvalue weighted by molar-refractivity contribution is 1.43. The van der Waals surface area contributed by atoms with E-state index >= 15 is 0 Å². The van der Waals surface area contributed by atoms with Gasteiger partial charge in [-0.2, -0.15) is 0 Å². The van der Waals surface area contributed by atoms with Crippen LogP contribution in [0.3, 0.4) is 0 Å².